The van der Waals surface area contributed by atoms with Crippen molar-refractivity contribution in [3.63, 3.8) is 0 Å². The molecule has 5 nitrogen and oxygen atoms in total. The Morgan fingerprint density at radius 1 is 1.19 bits per heavy atom. The highest BCUT2D eigenvalue weighted by Gasteiger charge is 2.56. The second kappa shape index (κ2) is 7.91. The molecule has 1 spiro atoms. The predicted octanol–water partition coefficient (Wildman–Crippen LogP) is 5.30. The molecule has 5 rings (SSSR count). The van der Waals surface area contributed by atoms with Crippen LogP contribution in [0.15, 0.2) is 65.9 Å². The van der Waals surface area contributed by atoms with Crippen molar-refractivity contribution in [2.24, 2.45) is 11.8 Å². The number of allylic oxidation sites excluding steroid dienone is 5. The van der Waals surface area contributed by atoms with Crippen molar-refractivity contribution in [3.05, 3.63) is 82.0 Å². The number of ketones is 1. The smallest absolute Gasteiger partial charge is 0.239 e. The first-order chi connectivity index (χ1) is 15.4. The number of carbonyl (C=O) groups is 2. The van der Waals surface area contributed by atoms with E-state index >= 15 is 0 Å². The van der Waals surface area contributed by atoms with Crippen molar-refractivity contribution in [1.29, 1.82) is 0 Å². The molecule has 1 aromatic heterocycles. The fourth-order valence-electron chi connectivity index (χ4n) is 5.14. The topological polar surface area (TPSA) is 68.3 Å². The Morgan fingerprint density at radius 2 is 2.03 bits per heavy atom. The van der Waals surface area contributed by atoms with E-state index in [0.717, 1.165) is 5.56 Å². The van der Waals surface area contributed by atoms with Crippen molar-refractivity contribution >= 4 is 46.2 Å². The molecular weight excluding hydrogens is 447 g/mol. The normalized spacial score (nSPS) is 26.5. The van der Waals surface area contributed by atoms with Crippen LogP contribution >= 0.6 is 23.2 Å². The van der Waals surface area contributed by atoms with Gasteiger partial charge in [-0.25, -0.2) is 4.98 Å². The summed E-state index contributed by atoms with van der Waals surface area (Å²) in [5.41, 5.74) is 1.43. The van der Waals surface area contributed by atoms with Gasteiger partial charge in [-0.05, 0) is 54.2 Å². The molecule has 1 aromatic carbocycles. The van der Waals surface area contributed by atoms with E-state index in [2.05, 4.69) is 10.3 Å². The summed E-state index contributed by atoms with van der Waals surface area (Å²) in [6, 6.07) is 8.94. The fraction of sp³-hybridized carbons (Fsp3) is 0.240. The summed E-state index contributed by atoms with van der Waals surface area (Å²) in [4.78, 5) is 31.3. The van der Waals surface area contributed by atoms with E-state index in [1.807, 2.05) is 24.3 Å². The number of nitrogens with zero attached hydrogens (tertiary/aromatic N) is 1. The number of methoxy groups -OCH3 is 1. The molecule has 0 saturated heterocycles. The third kappa shape index (κ3) is 3.19. The maximum absolute atomic E-state index is 13.7. The van der Waals surface area contributed by atoms with E-state index < -0.39 is 5.41 Å². The highest BCUT2D eigenvalue weighted by atomic mass is 35.5. The summed E-state index contributed by atoms with van der Waals surface area (Å²) in [6.45, 7) is 0. The van der Waals surface area contributed by atoms with Crippen LogP contribution in [0.3, 0.4) is 0 Å². The van der Waals surface area contributed by atoms with Gasteiger partial charge in [0.15, 0.2) is 5.78 Å². The maximum Gasteiger partial charge on any atom is 0.239 e. The van der Waals surface area contributed by atoms with Gasteiger partial charge < -0.3 is 10.1 Å². The molecule has 2 heterocycles. The number of anilines is 1. The third-order valence-electron chi connectivity index (χ3n) is 6.55. The minimum atomic E-state index is -1.05. The Morgan fingerprint density at radius 3 is 2.81 bits per heavy atom. The van der Waals surface area contributed by atoms with Gasteiger partial charge in [0.1, 0.15) is 0 Å². The number of Topliss-reactive ketones (excluding diaryl/α,β-unsaturated/α-hetero) is 1. The van der Waals surface area contributed by atoms with E-state index in [1.54, 1.807) is 36.5 Å². The molecule has 0 radical (unpaired) electrons. The molecule has 1 N–H and O–H groups in total. The molecule has 3 aliphatic rings. The number of ether oxygens (including phenoxy) is 1. The lowest BCUT2D eigenvalue weighted by Crippen LogP contribution is -2.47. The Balaban J connectivity index is 1.75. The number of nitrogens with one attached hydrogen (secondary N) is 1. The molecule has 2 aromatic rings. The number of hydrogen-bond donors (Lipinski definition) is 1. The first-order valence-corrected chi connectivity index (χ1v) is 11.1. The van der Waals surface area contributed by atoms with Crippen molar-refractivity contribution in [2.45, 2.75) is 18.3 Å². The van der Waals surface area contributed by atoms with Crippen LogP contribution in [0.5, 0.6) is 5.88 Å². The molecule has 0 saturated carbocycles. The lowest BCUT2D eigenvalue weighted by molar-refractivity contribution is -0.123. The average molecular weight is 467 g/mol. The van der Waals surface area contributed by atoms with Crippen LogP contribution in [-0.2, 0) is 15.0 Å². The Kier molecular flexibility index (Phi) is 5.19. The van der Waals surface area contributed by atoms with Gasteiger partial charge in [-0.2, -0.15) is 0 Å². The van der Waals surface area contributed by atoms with E-state index in [9.17, 15) is 9.59 Å². The van der Waals surface area contributed by atoms with Crippen LogP contribution in [0.2, 0.25) is 5.02 Å². The number of halogens is 2. The molecule has 0 bridgehead atoms. The van der Waals surface area contributed by atoms with E-state index in [1.165, 1.54) is 7.11 Å². The highest BCUT2D eigenvalue weighted by Crippen LogP contribution is 2.54. The van der Waals surface area contributed by atoms with Crippen LogP contribution in [0.4, 0.5) is 5.69 Å². The summed E-state index contributed by atoms with van der Waals surface area (Å²) in [6.07, 6.45) is 9.96. The van der Waals surface area contributed by atoms with E-state index in [0.29, 0.717) is 39.2 Å². The number of rotatable bonds is 3. The summed E-state index contributed by atoms with van der Waals surface area (Å²) < 4.78 is 5.41. The van der Waals surface area contributed by atoms with Crippen molar-refractivity contribution in [1.82, 2.24) is 4.98 Å². The second-order valence-corrected chi connectivity index (χ2v) is 9.15. The van der Waals surface area contributed by atoms with E-state index in [4.69, 9.17) is 27.9 Å². The van der Waals surface area contributed by atoms with Crippen molar-refractivity contribution in [3.8, 4) is 5.88 Å². The van der Waals surface area contributed by atoms with Gasteiger partial charge in [0.2, 0.25) is 11.8 Å². The Labute approximate surface area is 195 Å². The molecule has 32 heavy (non-hydrogen) atoms. The summed E-state index contributed by atoms with van der Waals surface area (Å²) in [7, 11) is 1.51. The zero-order valence-electron chi connectivity index (χ0n) is 17.3. The summed E-state index contributed by atoms with van der Waals surface area (Å²) in [5.74, 6) is -0.258. The Hall–Kier alpha value is -2.89. The number of hydrogen-bond acceptors (Lipinski definition) is 4. The van der Waals surface area contributed by atoms with E-state index in [-0.39, 0.29) is 29.9 Å². The van der Waals surface area contributed by atoms with Crippen LogP contribution in [0.1, 0.15) is 24.0 Å². The van der Waals surface area contributed by atoms with Gasteiger partial charge in [0, 0.05) is 39.5 Å². The quantitative estimate of drug-likeness (QED) is 0.665. The number of benzene rings is 1. The lowest BCUT2D eigenvalue weighted by Gasteiger charge is -2.41. The largest absolute Gasteiger partial charge is 0.481 e. The molecule has 0 fully saturated rings. The lowest BCUT2D eigenvalue weighted by atomic mass is 9.59. The number of carbonyl (C=O) groups excluding carboxylic acids is 2. The first kappa shape index (κ1) is 21.0. The highest BCUT2D eigenvalue weighted by molar-refractivity contribution is 6.31. The van der Waals surface area contributed by atoms with Crippen molar-refractivity contribution < 1.29 is 14.3 Å². The average Bonchev–Trinajstić information content (AvgIpc) is 3.05. The first-order valence-electron chi connectivity index (χ1n) is 10.3. The molecule has 2 aliphatic carbocycles. The second-order valence-electron chi connectivity index (χ2n) is 8.23. The van der Waals surface area contributed by atoms with Crippen LogP contribution < -0.4 is 10.1 Å². The van der Waals surface area contributed by atoms with Crippen LogP contribution in [0, 0.1) is 11.8 Å². The van der Waals surface area contributed by atoms with Gasteiger partial charge in [-0.15, -0.1) is 0 Å². The molecule has 1 amide bonds. The SMILES string of the molecule is COc1ncccc1C1=C[C@@]2(C(=O)Nc3cc(Cl)ccc32)[C@H](C2C=CC=C(Cl)C2)CC1=O. The van der Waals surface area contributed by atoms with Crippen LogP contribution in [0.25, 0.3) is 5.57 Å². The molecular formula is C25H20Cl2N2O3. The van der Waals surface area contributed by atoms with Gasteiger partial charge in [-0.3, -0.25) is 9.59 Å². The van der Waals surface area contributed by atoms with Crippen molar-refractivity contribution in [2.75, 3.05) is 12.4 Å². The van der Waals surface area contributed by atoms with Crippen LogP contribution in [-0.4, -0.2) is 23.8 Å². The minimum Gasteiger partial charge on any atom is -0.481 e. The molecule has 7 heteroatoms. The third-order valence-corrected chi connectivity index (χ3v) is 7.07. The summed E-state index contributed by atoms with van der Waals surface area (Å²) >= 11 is 12.6. The van der Waals surface area contributed by atoms with Gasteiger partial charge in [-0.1, -0.05) is 47.5 Å². The standard InChI is InChI=1S/C25H20Cl2N2O3/c1-32-23-17(6-3-9-28-23)18-13-25(19-8-7-16(27)11-21(19)29-24(25)31)20(12-22(18)30)14-4-2-5-15(26)10-14/h2-9,11,13-14,20H,10,12H2,1H3,(H,29,31)/t14?,20-,25-/m0/s1. The number of pyridine rings is 1. The molecule has 1 aliphatic heterocycles. The van der Waals surface area contributed by atoms with Gasteiger partial charge >= 0.3 is 0 Å². The zero-order valence-corrected chi connectivity index (χ0v) is 18.8. The summed E-state index contributed by atoms with van der Waals surface area (Å²) in [5, 5.41) is 4.24. The van der Waals surface area contributed by atoms with Gasteiger partial charge in [0.25, 0.3) is 0 Å². The number of aromatic nitrogens is 1. The zero-order chi connectivity index (χ0) is 22.5. The molecule has 1 unspecified atom stereocenters. The monoisotopic (exact) mass is 466 g/mol. The Bertz CT molecular complexity index is 1230. The fourth-order valence-corrected chi connectivity index (χ4v) is 5.56. The van der Waals surface area contributed by atoms with Gasteiger partial charge in [0.05, 0.1) is 12.5 Å². The molecule has 3 atom stereocenters. The minimum absolute atomic E-state index is 0.0544. The number of fused-ring (bicyclic) bond motifs is 2. The molecule has 162 valence electrons. The number of amides is 1. The maximum atomic E-state index is 13.7. The predicted molar refractivity (Wildman–Crippen MR) is 125 cm³/mol.